The third kappa shape index (κ3) is 5.56. The largest absolute Gasteiger partial charge is 0.502 e. The zero-order valence-electron chi connectivity index (χ0n) is 14.5. The molecule has 1 aliphatic rings. The standard InChI is InChI=1S/C17H26N2O5/c1-17(2,3)24-16(22)18-9-12-6-4-5-7-19(12)10-13-8-14(20)15(21)11-23-13/h8,11-12,21H,4-7,9-10H2,1-3H3,(H,18,22). The molecule has 1 unspecified atom stereocenters. The second-order valence-electron chi connectivity index (χ2n) is 7.10. The predicted octanol–water partition coefficient (Wildman–Crippen LogP) is 2.22. The summed E-state index contributed by atoms with van der Waals surface area (Å²) in [5.41, 5.74) is -0.970. The van der Waals surface area contributed by atoms with Crippen LogP contribution in [0.4, 0.5) is 4.79 Å². The van der Waals surface area contributed by atoms with Crippen molar-refractivity contribution in [1.29, 1.82) is 0 Å². The number of ether oxygens (including phenoxy) is 1. The molecule has 0 bridgehead atoms. The van der Waals surface area contributed by atoms with Gasteiger partial charge in [-0.1, -0.05) is 6.42 Å². The summed E-state index contributed by atoms with van der Waals surface area (Å²) in [6, 6.07) is 1.47. The van der Waals surface area contributed by atoms with Gasteiger partial charge in [0.25, 0.3) is 0 Å². The monoisotopic (exact) mass is 338 g/mol. The molecule has 1 aromatic heterocycles. The minimum atomic E-state index is -0.522. The molecule has 7 nitrogen and oxygen atoms in total. The summed E-state index contributed by atoms with van der Waals surface area (Å²) >= 11 is 0. The van der Waals surface area contributed by atoms with Crippen LogP contribution in [-0.4, -0.2) is 40.8 Å². The number of amides is 1. The minimum Gasteiger partial charge on any atom is -0.502 e. The maximum atomic E-state index is 11.8. The van der Waals surface area contributed by atoms with Gasteiger partial charge in [-0.3, -0.25) is 9.69 Å². The summed E-state index contributed by atoms with van der Waals surface area (Å²) in [7, 11) is 0. The Morgan fingerprint density at radius 2 is 2.21 bits per heavy atom. The van der Waals surface area contributed by atoms with E-state index in [-0.39, 0.29) is 11.8 Å². The second kappa shape index (κ2) is 7.70. The molecule has 0 aliphatic carbocycles. The average molecular weight is 338 g/mol. The first-order chi connectivity index (χ1) is 11.2. The number of carbonyl (C=O) groups is 1. The van der Waals surface area contributed by atoms with E-state index >= 15 is 0 Å². The van der Waals surface area contributed by atoms with Crippen LogP contribution in [0.5, 0.6) is 5.75 Å². The highest BCUT2D eigenvalue weighted by atomic mass is 16.6. The van der Waals surface area contributed by atoms with Crippen molar-refractivity contribution >= 4 is 6.09 Å². The number of alkyl carbamates (subject to hydrolysis) is 1. The molecule has 24 heavy (non-hydrogen) atoms. The van der Waals surface area contributed by atoms with Gasteiger partial charge in [-0.2, -0.15) is 0 Å². The van der Waals surface area contributed by atoms with Crippen LogP contribution in [0.25, 0.3) is 0 Å². The Morgan fingerprint density at radius 1 is 1.46 bits per heavy atom. The highest BCUT2D eigenvalue weighted by Gasteiger charge is 2.25. The van der Waals surface area contributed by atoms with Gasteiger partial charge in [-0.05, 0) is 40.2 Å². The number of nitrogens with one attached hydrogen (secondary N) is 1. The normalized spacial score (nSPS) is 19.0. The molecule has 1 aliphatic heterocycles. The zero-order chi connectivity index (χ0) is 17.7. The molecule has 134 valence electrons. The Bertz CT molecular complexity index is 620. The van der Waals surface area contributed by atoms with E-state index < -0.39 is 17.1 Å². The van der Waals surface area contributed by atoms with Gasteiger partial charge < -0.3 is 19.6 Å². The molecule has 1 fully saturated rings. The fourth-order valence-corrected chi connectivity index (χ4v) is 2.74. The lowest BCUT2D eigenvalue weighted by atomic mass is 10.0. The summed E-state index contributed by atoms with van der Waals surface area (Å²) in [4.78, 5) is 25.5. The van der Waals surface area contributed by atoms with Crippen LogP contribution in [0.15, 0.2) is 21.5 Å². The van der Waals surface area contributed by atoms with E-state index in [1.165, 1.54) is 6.07 Å². The van der Waals surface area contributed by atoms with Gasteiger partial charge in [0.05, 0.1) is 6.54 Å². The molecule has 1 amide bonds. The molecule has 2 rings (SSSR count). The van der Waals surface area contributed by atoms with Crippen LogP contribution in [0.1, 0.15) is 45.8 Å². The molecule has 1 saturated heterocycles. The molecule has 2 N–H and O–H groups in total. The van der Waals surface area contributed by atoms with Gasteiger partial charge in [0, 0.05) is 18.7 Å². The van der Waals surface area contributed by atoms with Crippen molar-refractivity contribution in [2.24, 2.45) is 0 Å². The molecule has 2 heterocycles. The molecule has 1 aromatic rings. The first kappa shape index (κ1) is 18.3. The number of likely N-dealkylation sites (tertiary alicyclic amines) is 1. The fourth-order valence-electron chi connectivity index (χ4n) is 2.74. The molecule has 0 saturated carbocycles. The van der Waals surface area contributed by atoms with Gasteiger partial charge in [0.1, 0.15) is 17.6 Å². The molecule has 0 aromatic carbocycles. The van der Waals surface area contributed by atoms with Crippen LogP contribution in [-0.2, 0) is 11.3 Å². The van der Waals surface area contributed by atoms with Crippen molar-refractivity contribution in [1.82, 2.24) is 10.2 Å². The zero-order valence-corrected chi connectivity index (χ0v) is 14.5. The van der Waals surface area contributed by atoms with Crippen LogP contribution in [0.2, 0.25) is 0 Å². The predicted molar refractivity (Wildman–Crippen MR) is 88.9 cm³/mol. The number of aromatic hydroxyl groups is 1. The molecule has 1 atom stereocenters. The van der Waals surface area contributed by atoms with Gasteiger partial charge in [-0.15, -0.1) is 0 Å². The van der Waals surface area contributed by atoms with E-state index in [4.69, 9.17) is 9.15 Å². The van der Waals surface area contributed by atoms with E-state index in [2.05, 4.69) is 10.2 Å². The minimum absolute atomic E-state index is 0.158. The average Bonchev–Trinajstić information content (AvgIpc) is 2.48. The third-order valence-electron chi connectivity index (χ3n) is 3.86. The second-order valence-corrected chi connectivity index (χ2v) is 7.10. The Balaban J connectivity index is 1.93. The third-order valence-corrected chi connectivity index (χ3v) is 3.86. The van der Waals surface area contributed by atoms with Crippen LogP contribution in [0.3, 0.4) is 0 Å². The van der Waals surface area contributed by atoms with E-state index in [0.717, 1.165) is 32.1 Å². The molecular weight excluding hydrogens is 312 g/mol. The Kier molecular flexibility index (Phi) is 5.88. The van der Waals surface area contributed by atoms with E-state index in [1.54, 1.807) is 0 Å². The van der Waals surface area contributed by atoms with Gasteiger partial charge in [-0.25, -0.2) is 4.79 Å². The van der Waals surface area contributed by atoms with Crippen LogP contribution < -0.4 is 10.7 Å². The summed E-state index contributed by atoms with van der Waals surface area (Å²) in [6.07, 6.45) is 3.75. The lowest BCUT2D eigenvalue weighted by molar-refractivity contribution is 0.0489. The lowest BCUT2D eigenvalue weighted by Gasteiger charge is -2.35. The topological polar surface area (TPSA) is 92.0 Å². The van der Waals surface area contributed by atoms with E-state index in [9.17, 15) is 14.7 Å². The number of carbonyl (C=O) groups excluding carboxylic acids is 1. The molecule has 0 radical (unpaired) electrons. The summed E-state index contributed by atoms with van der Waals surface area (Å²) < 4.78 is 10.5. The number of hydrogen-bond acceptors (Lipinski definition) is 6. The lowest BCUT2D eigenvalue weighted by Crippen LogP contribution is -2.47. The van der Waals surface area contributed by atoms with Crippen molar-refractivity contribution in [3.8, 4) is 5.75 Å². The summed E-state index contributed by atoms with van der Waals surface area (Å²) in [5, 5.41) is 12.1. The fraction of sp³-hybridized carbons (Fsp3) is 0.647. The number of piperidine rings is 1. The first-order valence-electron chi connectivity index (χ1n) is 8.26. The maximum Gasteiger partial charge on any atom is 0.407 e. The Labute approximate surface area is 141 Å². The van der Waals surface area contributed by atoms with Crippen molar-refractivity contribution in [2.45, 2.75) is 58.2 Å². The van der Waals surface area contributed by atoms with E-state index in [1.807, 2.05) is 20.8 Å². The van der Waals surface area contributed by atoms with Crippen molar-refractivity contribution < 1.29 is 19.1 Å². The highest BCUT2D eigenvalue weighted by molar-refractivity contribution is 5.67. The van der Waals surface area contributed by atoms with Crippen molar-refractivity contribution in [3.63, 3.8) is 0 Å². The molecule has 0 spiro atoms. The van der Waals surface area contributed by atoms with Gasteiger partial charge in [0.15, 0.2) is 5.75 Å². The summed E-state index contributed by atoms with van der Waals surface area (Å²) in [5.74, 6) is 0.113. The SMILES string of the molecule is CC(C)(C)OC(=O)NCC1CCCCN1Cc1cc(=O)c(O)co1. The van der Waals surface area contributed by atoms with E-state index in [0.29, 0.717) is 18.8 Å². The van der Waals surface area contributed by atoms with Crippen LogP contribution >= 0.6 is 0 Å². The van der Waals surface area contributed by atoms with Crippen molar-refractivity contribution in [3.05, 3.63) is 28.3 Å². The molecule has 7 heteroatoms. The highest BCUT2D eigenvalue weighted by Crippen LogP contribution is 2.19. The molecular formula is C17H26N2O5. The Morgan fingerprint density at radius 3 is 2.88 bits per heavy atom. The van der Waals surface area contributed by atoms with Gasteiger partial charge >= 0.3 is 6.09 Å². The number of rotatable bonds is 4. The Hall–Kier alpha value is -2.02. The van der Waals surface area contributed by atoms with Gasteiger partial charge in [0.2, 0.25) is 5.43 Å². The smallest absolute Gasteiger partial charge is 0.407 e. The number of nitrogens with zero attached hydrogens (tertiary/aromatic N) is 1. The van der Waals surface area contributed by atoms with Crippen molar-refractivity contribution in [2.75, 3.05) is 13.1 Å². The first-order valence-corrected chi connectivity index (χ1v) is 8.26. The quantitative estimate of drug-likeness (QED) is 0.874. The maximum absolute atomic E-state index is 11.8. The number of hydrogen-bond donors (Lipinski definition) is 2. The van der Waals surface area contributed by atoms with Crippen LogP contribution in [0, 0.1) is 0 Å². The summed E-state index contributed by atoms with van der Waals surface area (Å²) in [6.45, 7) is 7.30.